The number of nitrogens with one attached hydrogen (secondary N) is 1. The molecule has 1 amide bonds. The SMILES string of the molecule is COCC(Cl)CN(C)C(=O)c1cccc(=O)[nH]1. The van der Waals surface area contributed by atoms with Crippen molar-refractivity contribution in [2.75, 3.05) is 27.3 Å². The van der Waals surface area contributed by atoms with Crippen LogP contribution in [0.1, 0.15) is 10.5 Å². The van der Waals surface area contributed by atoms with Crippen LogP contribution in [-0.4, -0.2) is 48.5 Å². The van der Waals surface area contributed by atoms with Crippen molar-refractivity contribution in [1.82, 2.24) is 9.88 Å². The van der Waals surface area contributed by atoms with E-state index in [0.717, 1.165) is 0 Å². The van der Waals surface area contributed by atoms with E-state index in [4.69, 9.17) is 16.3 Å². The van der Waals surface area contributed by atoms with Crippen molar-refractivity contribution >= 4 is 17.5 Å². The molecule has 0 saturated carbocycles. The summed E-state index contributed by atoms with van der Waals surface area (Å²) in [5, 5.41) is -0.274. The summed E-state index contributed by atoms with van der Waals surface area (Å²) in [4.78, 5) is 26.9. The van der Waals surface area contributed by atoms with Gasteiger partial charge in [-0.2, -0.15) is 0 Å². The molecule has 1 heterocycles. The van der Waals surface area contributed by atoms with E-state index in [1.807, 2.05) is 0 Å². The normalized spacial score (nSPS) is 12.2. The van der Waals surface area contributed by atoms with Crippen molar-refractivity contribution in [3.63, 3.8) is 0 Å². The van der Waals surface area contributed by atoms with Crippen LogP contribution >= 0.6 is 11.6 Å². The molecule has 0 aliphatic carbocycles. The quantitative estimate of drug-likeness (QED) is 0.791. The number of hydrogen-bond acceptors (Lipinski definition) is 3. The molecule has 0 spiro atoms. The van der Waals surface area contributed by atoms with Gasteiger partial charge in [-0.25, -0.2) is 0 Å². The molecule has 1 atom stereocenters. The lowest BCUT2D eigenvalue weighted by Gasteiger charge is -2.19. The molecular formula is C11H15ClN2O3. The lowest BCUT2D eigenvalue weighted by molar-refractivity contribution is 0.0775. The number of H-pyrrole nitrogens is 1. The smallest absolute Gasteiger partial charge is 0.270 e. The number of carbonyl (C=O) groups excluding carboxylic acids is 1. The van der Waals surface area contributed by atoms with E-state index in [2.05, 4.69) is 4.98 Å². The Kier molecular flexibility index (Phi) is 5.18. The first-order chi connectivity index (χ1) is 8.04. The number of ether oxygens (including phenoxy) is 1. The minimum absolute atomic E-state index is 0.251. The maximum Gasteiger partial charge on any atom is 0.270 e. The third-order valence-corrected chi connectivity index (χ3v) is 2.43. The van der Waals surface area contributed by atoms with Gasteiger partial charge in [-0.3, -0.25) is 9.59 Å². The van der Waals surface area contributed by atoms with Crippen molar-refractivity contribution in [3.05, 3.63) is 34.2 Å². The molecule has 94 valence electrons. The Bertz CT molecular complexity index is 433. The maximum atomic E-state index is 11.9. The molecule has 0 saturated heterocycles. The summed E-state index contributed by atoms with van der Waals surface area (Å²) in [6, 6.07) is 4.44. The standard InChI is InChI=1S/C11H15ClN2O3/c1-14(6-8(12)7-17-2)11(16)9-4-3-5-10(15)13-9/h3-5,8H,6-7H2,1-2H3,(H,13,15). The van der Waals surface area contributed by atoms with Crippen LogP contribution in [-0.2, 0) is 4.74 Å². The molecule has 0 aliphatic heterocycles. The molecule has 0 aromatic carbocycles. The number of pyridine rings is 1. The van der Waals surface area contributed by atoms with Gasteiger partial charge in [-0.15, -0.1) is 11.6 Å². The maximum absolute atomic E-state index is 11.9. The van der Waals surface area contributed by atoms with Crippen LogP contribution < -0.4 is 5.56 Å². The first-order valence-electron chi connectivity index (χ1n) is 5.12. The van der Waals surface area contributed by atoms with E-state index >= 15 is 0 Å². The van der Waals surface area contributed by atoms with Crippen molar-refractivity contribution < 1.29 is 9.53 Å². The zero-order valence-electron chi connectivity index (χ0n) is 9.77. The Hall–Kier alpha value is -1.33. The number of carbonyl (C=O) groups is 1. The van der Waals surface area contributed by atoms with Gasteiger partial charge in [0, 0.05) is 26.8 Å². The number of nitrogens with zero attached hydrogens (tertiary/aromatic N) is 1. The minimum Gasteiger partial charge on any atom is -0.383 e. The molecule has 1 aromatic rings. The van der Waals surface area contributed by atoms with Gasteiger partial charge in [0.25, 0.3) is 5.91 Å². The molecule has 0 bridgehead atoms. The molecule has 0 fully saturated rings. The van der Waals surface area contributed by atoms with Crippen LogP contribution in [0, 0.1) is 0 Å². The molecule has 6 heteroatoms. The van der Waals surface area contributed by atoms with E-state index in [0.29, 0.717) is 13.2 Å². The van der Waals surface area contributed by atoms with E-state index in [1.54, 1.807) is 20.2 Å². The molecule has 0 aliphatic rings. The Morgan fingerprint density at radius 2 is 2.29 bits per heavy atom. The Labute approximate surface area is 104 Å². The fourth-order valence-electron chi connectivity index (χ4n) is 1.39. The number of alkyl halides is 1. The van der Waals surface area contributed by atoms with Gasteiger partial charge >= 0.3 is 0 Å². The Balaban J connectivity index is 2.67. The predicted molar refractivity (Wildman–Crippen MR) is 65.5 cm³/mol. The van der Waals surface area contributed by atoms with E-state index in [9.17, 15) is 9.59 Å². The highest BCUT2D eigenvalue weighted by Gasteiger charge is 2.15. The van der Waals surface area contributed by atoms with Gasteiger partial charge in [0.05, 0.1) is 12.0 Å². The zero-order valence-corrected chi connectivity index (χ0v) is 10.5. The average Bonchev–Trinajstić information content (AvgIpc) is 2.28. The Morgan fingerprint density at radius 1 is 1.59 bits per heavy atom. The summed E-state index contributed by atoms with van der Waals surface area (Å²) >= 11 is 5.95. The van der Waals surface area contributed by atoms with Gasteiger partial charge in [-0.1, -0.05) is 6.07 Å². The van der Waals surface area contributed by atoms with Crippen molar-refractivity contribution in [3.8, 4) is 0 Å². The lowest BCUT2D eigenvalue weighted by Crippen LogP contribution is -2.35. The van der Waals surface area contributed by atoms with Gasteiger partial charge in [0.2, 0.25) is 5.56 Å². The number of halogens is 1. The molecule has 1 unspecified atom stereocenters. The zero-order chi connectivity index (χ0) is 12.8. The topological polar surface area (TPSA) is 62.4 Å². The molecule has 5 nitrogen and oxygen atoms in total. The Morgan fingerprint density at radius 3 is 2.88 bits per heavy atom. The van der Waals surface area contributed by atoms with Gasteiger partial charge in [-0.05, 0) is 6.07 Å². The van der Waals surface area contributed by atoms with E-state index < -0.39 is 0 Å². The third-order valence-electron chi connectivity index (χ3n) is 2.16. The number of aromatic nitrogens is 1. The van der Waals surface area contributed by atoms with Gasteiger partial charge < -0.3 is 14.6 Å². The average molecular weight is 259 g/mol. The van der Waals surface area contributed by atoms with Crippen molar-refractivity contribution in [1.29, 1.82) is 0 Å². The second-order valence-corrected chi connectivity index (χ2v) is 4.28. The molecule has 1 aromatic heterocycles. The summed E-state index contributed by atoms with van der Waals surface area (Å²) in [6.07, 6.45) is 0. The number of hydrogen-bond donors (Lipinski definition) is 1. The molecule has 0 radical (unpaired) electrons. The molecule has 1 N–H and O–H groups in total. The fourth-order valence-corrected chi connectivity index (χ4v) is 1.72. The van der Waals surface area contributed by atoms with Crippen LogP contribution in [0.15, 0.2) is 23.0 Å². The van der Waals surface area contributed by atoms with E-state index in [-0.39, 0.29) is 22.5 Å². The van der Waals surface area contributed by atoms with Crippen LogP contribution in [0.5, 0.6) is 0 Å². The molecule has 1 rings (SSSR count). The molecular weight excluding hydrogens is 244 g/mol. The van der Waals surface area contributed by atoms with Crippen molar-refractivity contribution in [2.45, 2.75) is 5.38 Å². The first-order valence-corrected chi connectivity index (χ1v) is 5.56. The largest absolute Gasteiger partial charge is 0.383 e. The lowest BCUT2D eigenvalue weighted by atomic mass is 10.3. The van der Waals surface area contributed by atoms with Gasteiger partial charge in [0.1, 0.15) is 5.69 Å². The number of methoxy groups -OCH3 is 1. The third kappa shape index (κ3) is 4.20. The first kappa shape index (κ1) is 13.7. The van der Waals surface area contributed by atoms with Gasteiger partial charge in [0.15, 0.2) is 0 Å². The number of rotatable bonds is 5. The summed E-state index contributed by atoms with van der Waals surface area (Å²) in [6.45, 7) is 0.718. The van der Waals surface area contributed by atoms with Crippen molar-refractivity contribution in [2.24, 2.45) is 0 Å². The highest BCUT2D eigenvalue weighted by atomic mass is 35.5. The fraction of sp³-hybridized carbons (Fsp3) is 0.455. The van der Waals surface area contributed by atoms with Crippen LogP contribution in [0.25, 0.3) is 0 Å². The summed E-state index contributed by atoms with van der Waals surface area (Å²) in [7, 11) is 3.17. The minimum atomic E-state index is -0.302. The molecule has 17 heavy (non-hydrogen) atoms. The highest BCUT2D eigenvalue weighted by molar-refractivity contribution is 6.21. The highest BCUT2D eigenvalue weighted by Crippen LogP contribution is 2.03. The van der Waals surface area contributed by atoms with Crippen LogP contribution in [0.4, 0.5) is 0 Å². The van der Waals surface area contributed by atoms with E-state index in [1.165, 1.54) is 17.0 Å². The number of aromatic amines is 1. The second-order valence-electron chi connectivity index (χ2n) is 3.67. The summed E-state index contributed by atoms with van der Waals surface area (Å²) in [5.41, 5.74) is -0.0511. The second kappa shape index (κ2) is 6.42. The summed E-state index contributed by atoms with van der Waals surface area (Å²) < 4.78 is 4.88. The van der Waals surface area contributed by atoms with Crippen LogP contribution in [0.3, 0.4) is 0 Å². The summed E-state index contributed by atoms with van der Waals surface area (Å²) in [5.74, 6) is -0.274. The van der Waals surface area contributed by atoms with Crippen LogP contribution in [0.2, 0.25) is 0 Å². The predicted octanol–water partition coefficient (Wildman–Crippen LogP) is 0.701. The number of amides is 1. The monoisotopic (exact) mass is 258 g/mol.